The third kappa shape index (κ3) is 6.70. The number of hydrogen-bond donors (Lipinski definition) is 0. The molecule has 0 saturated heterocycles. The fourth-order valence-corrected chi connectivity index (χ4v) is 6.08. The van der Waals surface area contributed by atoms with Gasteiger partial charge in [-0.05, 0) is 56.6 Å². The van der Waals surface area contributed by atoms with E-state index in [4.69, 9.17) is 0 Å². The third-order valence-electron chi connectivity index (χ3n) is 8.54. The normalized spacial score (nSPS) is 16.5. The second-order valence-electron chi connectivity index (χ2n) is 14.7. The molecule has 0 heterocycles. The van der Waals surface area contributed by atoms with Gasteiger partial charge in [0.2, 0.25) is 0 Å². The van der Waals surface area contributed by atoms with Crippen LogP contribution in [0.1, 0.15) is 104 Å². The predicted molar refractivity (Wildman–Crippen MR) is 169 cm³/mol. The minimum atomic E-state index is -0.0256. The number of hydrogen-bond acceptors (Lipinski definition) is 0. The molecule has 0 nitrogen and oxygen atoms in total. The average molecular weight is 676 g/mol. The molecule has 219 valence electrons. The molecule has 0 saturated carbocycles. The number of benzene rings is 3. The molecule has 3 aromatic carbocycles. The van der Waals surface area contributed by atoms with Gasteiger partial charge in [-0.1, -0.05) is 147 Å². The van der Waals surface area contributed by atoms with E-state index in [1.165, 1.54) is 65.4 Å². The zero-order chi connectivity index (χ0) is 28.5. The van der Waals surface area contributed by atoms with Gasteiger partial charge in [-0.25, -0.2) is 0 Å². The molecular formula is C39H45Cl2Zr. The van der Waals surface area contributed by atoms with Crippen LogP contribution in [-0.2, 0) is 37.0 Å². The first-order chi connectivity index (χ1) is 18.1. The molecule has 2 aliphatic carbocycles. The molecule has 0 N–H and O–H groups in total. The molecule has 3 aromatic rings. The topological polar surface area (TPSA) is 0 Å². The fourth-order valence-electron chi connectivity index (χ4n) is 6.08. The van der Waals surface area contributed by atoms with E-state index in [1.807, 2.05) is 0 Å². The Kier molecular flexibility index (Phi) is 11.1. The predicted octanol–water partition coefficient (Wildman–Crippen LogP) is 2.82. The largest absolute Gasteiger partial charge is 3.00 e. The zero-order valence-electron chi connectivity index (χ0n) is 27.2. The minimum Gasteiger partial charge on any atom is -1.00 e. The van der Waals surface area contributed by atoms with Crippen LogP contribution in [-0.4, -0.2) is 0 Å². The van der Waals surface area contributed by atoms with Crippen molar-refractivity contribution in [2.24, 2.45) is 11.3 Å². The maximum Gasteiger partial charge on any atom is 3.00 e. The van der Waals surface area contributed by atoms with Gasteiger partial charge in [-0.15, -0.1) is 33.4 Å². The van der Waals surface area contributed by atoms with Crippen molar-refractivity contribution in [3.05, 3.63) is 121 Å². The van der Waals surface area contributed by atoms with Crippen LogP contribution in [0.3, 0.4) is 0 Å². The number of fused-ring (bicyclic) bond motifs is 2. The molecular weight excluding hydrogens is 631 g/mol. The Morgan fingerprint density at radius 1 is 0.738 bits per heavy atom. The van der Waals surface area contributed by atoms with Gasteiger partial charge in [-0.3, -0.25) is 0 Å². The maximum atomic E-state index is 3.92. The first-order valence-corrected chi connectivity index (χ1v) is 14.5. The summed E-state index contributed by atoms with van der Waals surface area (Å²) in [6.07, 6.45) is 8.89. The van der Waals surface area contributed by atoms with Gasteiger partial charge >= 0.3 is 26.2 Å². The summed E-state index contributed by atoms with van der Waals surface area (Å²) in [5, 5.41) is 5.25. The molecule has 0 spiro atoms. The van der Waals surface area contributed by atoms with Crippen LogP contribution >= 0.6 is 0 Å². The van der Waals surface area contributed by atoms with Crippen molar-refractivity contribution in [2.75, 3.05) is 0 Å². The summed E-state index contributed by atoms with van der Waals surface area (Å²) in [7, 11) is 0. The van der Waals surface area contributed by atoms with Crippen molar-refractivity contribution in [3.63, 3.8) is 0 Å². The molecule has 1 unspecified atom stereocenters. The van der Waals surface area contributed by atoms with Crippen molar-refractivity contribution in [3.8, 4) is 0 Å². The molecule has 2 aliphatic rings. The third-order valence-corrected chi connectivity index (χ3v) is 8.54. The van der Waals surface area contributed by atoms with Gasteiger partial charge < -0.3 is 24.8 Å². The number of allylic oxidation sites excluding steroid dienone is 4. The Bertz CT molecular complexity index is 1750. The van der Waals surface area contributed by atoms with E-state index in [2.05, 4.69) is 149 Å². The Labute approximate surface area is 285 Å². The van der Waals surface area contributed by atoms with Gasteiger partial charge in [0.1, 0.15) is 0 Å². The molecule has 5 rings (SSSR count). The van der Waals surface area contributed by atoms with Gasteiger partial charge in [-0.2, -0.15) is 0 Å². The van der Waals surface area contributed by atoms with Crippen LogP contribution in [0, 0.1) is 21.8 Å². The Morgan fingerprint density at radius 3 is 1.88 bits per heavy atom. The van der Waals surface area contributed by atoms with E-state index in [-0.39, 0.29) is 67.3 Å². The van der Waals surface area contributed by atoms with Gasteiger partial charge in [0.15, 0.2) is 0 Å². The molecule has 0 aromatic heterocycles. The molecule has 0 bridgehead atoms. The standard InChI is InChI=1S/C39H45.2ClH.Zr/c1-24-19-29(38(6,7)8)22-30(24)36-33-20-27-17-18-28(37(3,4)5)21-31(27)32(33)23-34(39(9,10)11)35(36)25(2)26-15-13-12-14-16-26;;;/h12-19,21-24H,1-11H3;2*1H;/q-1;;;+3/p-2. The first-order valence-electron chi connectivity index (χ1n) is 14.5. The SMILES string of the molecule is CC(c1ccccc1)=c1c(C(C)(C)C)cc2c(c1C1=CC(C(C)(C)C)=CC1C)[C-]=c1ccc(C(C)(C)C)cc1=2.[Cl-].[Cl-].[Zr+3]. The van der Waals surface area contributed by atoms with Crippen molar-refractivity contribution >= 4 is 17.2 Å². The van der Waals surface area contributed by atoms with Crippen LogP contribution in [0.4, 0.5) is 0 Å². The first kappa shape index (κ1) is 36.5. The molecule has 1 radical (unpaired) electrons. The van der Waals surface area contributed by atoms with E-state index in [1.54, 1.807) is 0 Å². The quantitative estimate of drug-likeness (QED) is 0.287. The van der Waals surface area contributed by atoms with Crippen LogP contribution in [0.2, 0.25) is 0 Å². The van der Waals surface area contributed by atoms with Crippen LogP contribution in [0.15, 0.2) is 72.3 Å². The Morgan fingerprint density at radius 2 is 1.36 bits per heavy atom. The summed E-state index contributed by atoms with van der Waals surface area (Å²) in [6, 6.07) is 20.4. The molecule has 0 amide bonds. The molecule has 0 fully saturated rings. The monoisotopic (exact) mass is 673 g/mol. The summed E-state index contributed by atoms with van der Waals surface area (Å²) in [4.78, 5) is 0. The molecule has 42 heavy (non-hydrogen) atoms. The molecule has 0 aliphatic heterocycles. The van der Waals surface area contributed by atoms with Crippen molar-refractivity contribution in [1.29, 1.82) is 0 Å². The summed E-state index contributed by atoms with van der Waals surface area (Å²) in [5.74, 6) is 0.344. The Balaban J connectivity index is 0.00000205. The zero-order valence-corrected chi connectivity index (χ0v) is 31.2. The van der Waals surface area contributed by atoms with Crippen LogP contribution < -0.4 is 35.3 Å². The fraction of sp³-hybridized carbons (Fsp3) is 0.385. The smallest absolute Gasteiger partial charge is 1.00 e. The van der Waals surface area contributed by atoms with Gasteiger partial charge in [0.05, 0.1) is 0 Å². The maximum absolute atomic E-state index is 3.92. The molecule has 3 heteroatoms. The number of rotatable bonds is 2. The van der Waals surface area contributed by atoms with Crippen molar-refractivity contribution in [1.82, 2.24) is 0 Å². The van der Waals surface area contributed by atoms with Gasteiger partial charge in [0, 0.05) is 0 Å². The summed E-state index contributed by atoms with van der Waals surface area (Å²) < 4.78 is 0. The van der Waals surface area contributed by atoms with E-state index >= 15 is 0 Å². The average Bonchev–Trinajstić information content (AvgIpc) is 3.42. The van der Waals surface area contributed by atoms with Crippen molar-refractivity contribution < 1.29 is 51.0 Å². The number of halogens is 2. The summed E-state index contributed by atoms with van der Waals surface area (Å²) >= 11 is 0. The summed E-state index contributed by atoms with van der Waals surface area (Å²) in [5.41, 5.74) is 11.1. The van der Waals surface area contributed by atoms with E-state index in [0.717, 1.165) is 0 Å². The minimum absolute atomic E-state index is 0. The Hall–Kier alpha value is -1.66. The van der Waals surface area contributed by atoms with Crippen LogP contribution in [0.5, 0.6) is 0 Å². The van der Waals surface area contributed by atoms with Crippen LogP contribution in [0.25, 0.3) is 17.2 Å². The van der Waals surface area contributed by atoms with E-state index in [0.29, 0.717) is 5.92 Å². The molecule has 1 atom stereocenters. The van der Waals surface area contributed by atoms with E-state index in [9.17, 15) is 0 Å². The van der Waals surface area contributed by atoms with Crippen molar-refractivity contribution in [2.45, 2.75) is 87.0 Å². The summed E-state index contributed by atoms with van der Waals surface area (Å²) in [6.45, 7) is 25.6. The van der Waals surface area contributed by atoms with E-state index < -0.39 is 0 Å². The second kappa shape index (κ2) is 12.8. The van der Waals surface area contributed by atoms with Gasteiger partial charge in [0.25, 0.3) is 0 Å². The second-order valence-corrected chi connectivity index (χ2v) is 14.7.